The van der Waals surface area contributed by atoms with Crippen molar-refractivity contribution in [3.63, 3.8) is 0 Å². The maximum absolute atomic E-state index is 14.4. The summed E-state index contributed by atoms with van der Waals surface area (Å²) in [6.45, 7) is 8.92. The highest BCUT2D eigenvalue weighted by Gasteiger charge is 2.36. The van der Waals surface area contributed by atoms with Crippen LogP contribution in [0.1, 0.15) is 52.2 Å². The summed E-state index contributed by atoms with van der Waals surface area (Å²) >= 11 is 1.26. The Morgan fingerprint density at radius 1 is 1.04 bits per heavy atom. The maximum Gasteiger partial charge on any atom is 0.407 e. The summed E-state index contributed by atoms with van der Waals surface area (Å²) in [6, 6.07) is 6.20. The average Bonchev–Trinajstić information content (AvgIpc) is 3.43. The minimum atomic E-state index is -1.36. The number of hydrogen-bond acceptors (Lipinski definition) is 7. The Labute approximate surface area is 264 Å². The Kier molecular flexibility index (Phi) is 12.1. The Bertz CT molecular complexity index is 1390. The van der Waals surface area contributed by atoms with E-state index in [1.165, 1.54) is 16.7 Å². The van der Waals surface area contributed by atoms with Gasteiger partial charge in [0.2, 0.25) is 5.91 Å². The quantitative estimate of drug-likeness (QED) is 0.243. The van der Waals surface area contributed by atoms with Crippen LogP contribution < -0.4 is 16.0 Å². The molecule has 3 atom stereocenters. The van der Waals surface area contributed by atoms with Crippen LogP contribution in [0, 0.1) is 23.4 Å². The molecule has 1 fully saturated rings. The molecule has 1 unspecified atom stereocenters. The number of nitrogens with zero attached hydrogens (tertiary/aromatic N) is 1. The number of anilines is 1. The molecular formula is C31H39F3N4O6S. The van der Waals surface area contributed by atoms with Gasteiger partial charge < -0.3 is 30.7 Å². The van der Waals surface area contributed by atoms with Gasteiger partial charge in [0, 0.05) is 43.1 Å². The number of ether oxygens (including phenoxy) is 1. The lowest BCUT2D eigenvalue weighted by Crippen LogP contribution is -2.48. The highest BCUT2D eigenvalue weighted by molar-refractivity contribution is 8.00. The van der Waals surface area contributed by atoms with Gasteiger partial charge >= 0.3 is 12.1 Å². The van der Waals surface area contributed by atoms with Crippen LogP contribution in [0.15, 0.2) is 36.4 Å². The summed E-state index contributed by atoms with van der Waals surface area (Å²) in [5.74, 6) is -5.20. The normalized spacial score (nSPS) is 16.2. The molecule has 1 aliphatic heterocycles. The van der Waals surface area contributed by atoms with Gasteiger partial charge in [0.1, 0.15) is 17.5 Å². The van der Waals surface area contributed by atoms with Crippen LogP contribution in [0.4, 0.5) is 23.7 Å². The summed E-state index contributed by atoms with van der Waals surface area (Å²) in [4.78, 5) is 51.8. The van der Waals surface area contributed by atoms with Crippen molar-refractivity contribution < 1.29 is 42.2 Å². The molecule has 10 nitrogen and oxygen atoms in total. The summed E-state index contributed by atoms with van der Waals surface area (Å²) in [7, 11) is 0. The number of carboxylic acids is 1. The van der Waals surface area contributed by atoms with Gasteiger partial charge in [-0.15, -0.1) is 11.8 Å². The average molecular weight is 653 g/mol. The van der Waals surface area contributed by atoms with Gasteiger partial charge in [-0.05, 0) is 62.4 Å². The summed E-state index contributed by atoms with van der Waals surface area (Å²) < 4.78 is 47.1. The number of thioether (sulfide) groups is 1. The number of carbonyl (C=O) groups excluding carboxylic acids is 3. The van der Waals surface area contributed by atoms with E-state index in [4.69, 9.17) is 4.74 Å². The molecule has 0 spiro atoms. The van der Waals surface area contributed by atoms with Crippen molar-refractivity contribution in [1.82, 2.24) is 15.5 Å². The summed E-state index contributed by atoms with van der Waals surface area (Å²) in [6.07, 6.45) is -1.57. The minimum absolute atomic E-state index is 0.133. The first kappa shape index (κ1) is 35.5. The molecule has 0 saturated carbocycles. The smallest absolute Gasteiger partial charge is 0.407 e. The van der Waals surface area contributed by atoms with Gasteiger partial charge in [0.25, 0.3) is 5.91 Å². The number of carboxylic acid groups (broad SMARTS) is 1. The first-order valence-corrected chi connectivity index (χ1v) is 15.5. The van der Waals surface area contributed by atoms with Crippen molar-refractivity contribution in [1.29, 1.82) is 0 Å². The lowest BCUT2D eigenvalue weighted by Gasteiger charge is -2.27. The van der Waals surface area contributed by atoms with Crippen molar-refractivity contribution in [2.24, 2.45) is 5.92 Å². The second-order valence-corrected chi connectivity index (χ2v) is 13.2. The largest absolute Gasteiger partial charge is 0.480 e. The third-order valence-corrected chi connectivity index (χ3v) is 8.01. The van der Waals surface area contributed by atoms with Crippen LogP contribution in [-0.4, -0.2) is 69.2 Å². The first-order chi connectivity index (χ1) is 21.0. The van der Waals surface area contributed by atoms with Crippen molar-refractivity contribution in [2.75, 3.05) is 17.6 Å². The minimum Gasteiger partial charge on any atom is -0.480 e. The van der Waals surface area contributed by atoms with Crippen LogP contribution in [0.5, 0.6) is 0 Å². The number of nitrogens with one attached hydrogen (secondary N) is 3. The highest BCUT2D eigenvalue weighted by Crippen LogP contribution is 2.26. The molecule has 0 aromatic heterocycles. The number of hydrogen-bond donors (Lipinski definition) is 4. The van der Waals surface area contributed by atoms with E-state index in [1.807, 2.05) is 0 Å². The number of aliphatic carboxylic acids is 1. The molecular weight excluding hydrogens is 613 g/mol. The SMILES string of the molecule is CC(C)[C@H](Nc1ccc(CNC(=O)[C@@H]2SCCN2C(=O)CC(Cc2cc(F)c(F)cc2F)NC(=O)OC(C)(C)C)cc1)C(=O)O. The first-order valence-electron chi connectivity index (χ1n) is 14.4. The Morgan fingerprint density at radius 2 is 1.69 bits per heavy atom. The molecule has 0 bridgehead atoms. The Morgan fingerprint density at radius 3 is 2.29 bits per heavy atom. The third kappa shape index (κ3) is 10.6. The topological polar surface area (TPSA) is 137 Å². The van der Waals surface area contributed by atoms with Crippen LogP contribution in [-0.2, 0) is 32.1 Å². The second-order valence-electron chi connectivity index (χ2n) is 12.0. The molecule has 1 saturated heterocycles. The number of alkyl carbamates (subject to hydrolysis) is 1. The van der Waals surface area contributed by atoms with Gasteiger partial charge in [0.05, 0.1) is 0 Å². The zero-order valence-electron chi connectivity index (χ0n) is 25.8. The molecule has 1 heterocycles. The van der Waals surface area contributed by atoms with Crippen LogP contribution in [0.2, 0.25) is 0 Å². The molecule has 14 heteroatoms. The third-order valence-electron chi connectivity index (χ3n) is 6.81. The van der Waals surface area contributed by atoms with E-state index in [0.717, 1.165) is 5.56 Å². The molecule has 3 amide bonds. The van der Waals surface area contributed by atoms with Crippen molar-refractivity contribution in [3.8, 4) is 0 Å². The highest BCUT2D eigenvalue weighted by atomic mass is 32.2. The number of amides is 3. The summed E-state index contributed by atoms with van der Waals surface area (Å²) in [5, 5.41) is 16.8. The molecule has 2 aromatic carbocycles. The van der Waals surface area contributed by atoms with Crippen molar-refractivity contribution in [2.45, 2.75) is 77.1 Å². The zero-order chi connectivity index (χ0) is 33.5. The van der Waals surface area contributed by atoms with Crippen LogP contribution >= 0.6 is 11.8 Å². The lowest BCUT2D eigenvalue weighted by atomic mass is 10.0. The summed E-state index contributed by atoms with van der Waals surface area (Å²) in [5.41, 5.74) is 0.261. The Balaban J connectivity index is 1.65. The molecule has 4 N–H and O–H groups in total. The number of benzene rings is 2. The predicted molar refractivity (Wildman–Crippen MR) is 164 cm³/mol. The van der Waals surface area contributed by atoms with E-state index in [0.29, 0.717) is 23.6 Å². The van der Waals surface area contributed by atoms with Gasteiger partial charge in [-0.1, -0.05) is 26.0 Å². The molecule has 45 heavy (non-hydrogen) atoms. The molecule has 0 aliphatic carbocycles. The van der Waals surface area contributed by atoms with Crippen LogP contribution in [0.3, 0.4) is 0 Å². The molecule has 3 rings (SSSR count). The van der Waals surface area contributed by atoms with E-state index in [9.17, 15) is 37.5 Å². The number of carbonyl (C=O) groups is 4. The molecule has 2 aromatic rings. The number of halogens is 3. The lowest BCUT2D eigenvalue weighted by molar-refractivity contribution is -0.139. The van der Waals surface area contributed by atoms with Crippen molar-refractivity contribution >= 4 is 41.3 Å². The van der Waals surface area contributed by atoms with Gasteiger partial charge in [0.15, 0.2) is 17.0 Å². The standard InChI is InChI=1S/C31H39F3N4O6S/c1-17(2)26(29(41)42)36-20-8-6-18(7-9-20)16-35-27(40)28-38(10-11-45-28)25(39)14-21(37-30(43)44-31(3,4)5)12-19-13-23(33)24(34)15-22(19)32/h6-9,13,15,17,21,26,28,36H,10-12,14,16H2,1-5H3,(H,35,40)(H,37,43)(H,41,42)/t21?,26-,28-/m0/s1. The number of rotatable bonds is 12. The van der Waals surface area contributed by atoms with E-state index in [2.05, 4.69) is 16.0 Å². The fourth-order valence-electron chi connectivity index (χ4n) is 4.59. The van der Waals surface area contributed by atoms with Gasteiger partial charge in [-0.25, -0.2) is 22.8 Å². The van der Waals surface area contributed by atoms with E-state index < -0.39 is 64.4 Å². The van der Waals surface area contributed by atoms with E-state index in [-0.39, 0.29) is 37.4 Å². The van der Waals surface area contributed by atoms with Gasteiger partial charge in [-0.3, -0.25) is 9.59 Å². The van der Waals surface area contributed by atoms with E-state index >= 15 is 0 Å². The molecule has 0 radical (unpaired) electrons. The zero-order valence-corrected chi connectivity index (χ0v) is 26.6. The monoisotopic (exact) mass is 652 g/mol. The molecule has 1 aliphatic rings. The molecule has 246 valence electrons. The fourth-order valence-corrected chi connectivity index (χ4v) is 5.76. The Hall–Kier alpha value is -3.94. The predicted octanol–water partition coefficient (Wildman–Crippen LogP) is 4.67. The fraction of sp³-hybridized carbons (Fsp3) is 0.484. The van der Waals surface area contributed by atoms with Crippen LogP contribution in [0.25, 0.3) is 0 Å². The maximum atomic E-state index is 14.4. The second kappa shape index (κ2) is 15.4. The van der Waals surface area contributed by atoms with Crippen molar-refractivity contribution in [3.05, 3.63) is 65.0 Å². The van der Waals surface area contributed by atoms with E-state index in [1.54, 1.807) is 58.9 Å². The van der Waals surface area contributed by atoms with Gasteiger partial charge in [-0.2, -0.15) is 0 Å².